The molecule has 0 fully saturated rings. The molecule has 1 aromatic heterocycles. The monoisotopic (exact) mass is 305 g/mol. The third kappa shape index (κ3) is 3.62. The highest BCUT2D eigenvalue weighted by molar-refractivity contribution is 7.92. The van der Waals surface area contributed by atoms with Gasteiger partial charge < -0.3 is 5.11 Å². The van der Waals surface area contributed by atoms with Crippen molar-refractivity contribution in [1.82, 2.24) is 9.78 Å². The summed E-state index contributed by atoms with van der Waals surface area (Å²) in [6.07, 6.45) is 2.71. The highest BCUT2D eigenvalue weighted by Gasteiger charge is 2.16. The minimum Gasteiger partial charge on any atom is -0.384 e. The number of aliphatic hydroxyl groups excluding tert-OH is 1. The Morgan fingerprint density at radius 2 is 2.19 bits per heavy atom. The van der Waals surface area contributed by atoms with Crippen LogP contribution in [0.25, 0.3) is 0 Å². The molecule has 0 saturated heterocycles. The highest BCUT2D eigenvalue weighted by Crippen LogP contribution is 2.18. The van der Waals surface area contributed by atoms with E-state index in [0.717, 1.165) is 11.1 Å². The number of nitrogens with one attached hydrogen (secondary N) is 1. The molecular weight excluding hydrogens is 290 g/mol. The van der Waals surface area contributed by atoms with E-state index in [1.54, 1.807) is 25.2 Å². The van der Waals surface area contributed by atoms with E-state index >= 15 is 0 Å². The van der Waals surface area contributed by atoms with E-state index in [-0.39, 0.29) is 11.5 Å². The van der Waals surface area contributed by atoms with E-state index in [0.29, 0.717) is 5.69 Å². The van der Waals surface area contributed by atoms with Crippen LogP contribution in [0.4, 0.5) is 5.69 Å². The molecule has 0 aliphatic heterocycles. The lowest BCUT2D eigenvalue weighted by atomic mass is 10.1. The third-order valence-electron chi connectivity index (χ3n) is 2.77. The van der Waals surface area contributed by atoms with Crippen LogP contribution in [0.15, 0.2) is 35.5 Å². The molecular formula is C14H15N3O3S. The number of hydrogen-bond acceptors (Lipinski definition) is 4. The second kappa shape index (κ2) is 5.99. The minimum absolute atomic E-state index is 0.104. The van der Waals surface area contributed by atoms with E-state index in [1.165, 1.54) is 17.1 Å². The molecule has 1 aromatic carbocycles. The number of benzene rings is 1. The number of nitrogens with zero attached hydrogens (tertiary/aromatic N) is 2. The van der Waals surface area contributed by atoms with Gasteiger partial charge in [0.2, 0.25) is 0 Å². The summed E-state index contributed by atoms with van der Waals surface area (Å²) in [5.41, 5.74) is 2.02. The van der Waals surface area contributed by atoms with Gasteiger partial charge in [-0.05, 0) is 30.7 Å². The van der Waals surface area contributed by atoms with E-state index in [1.807, 2.05) is 6.92 Å². The van der Waals surface area contributed by atoms with Crippen LogP contribution in [0.2, 0.25) is 0 Å². The Bertz CT molecular complexity index is 813. The first-order valence-electron chi connectivity index (χ1n) is 6.14. The number of hydrogen-bond donors (Lipinski definition) is 2. The maximum absolute atomic E-state index is 12.2. The number of anilines is 1. The Hall–Kier alpha value is -2.30. The average Bonchev–Trinajstić information content (AvgIpc) is 2.85. The standard InChI is InChI=1S/C14H15N3O3S/c1-11-8-13(6-5-12(11)4-3-7-18)16-21(19,20)14-9-15-17(2)10-14/h5-6,8-10,16,18H,7H2,1-2H3. The van der Waals surface area contributed by atoms with Gasteiger partial charge in [-0.2, -0.15) is 5.10 Å². The Morgan fingerprint density at radius 1 is 1.43 bits per heavy atom. The first kappa shape index (κ1) is 15.1. The summed E-state index contributed by atoms with van der Waals surface area (Å²) in [4.78, 5) is 0.104. The van der Waals surface area contributed by atoms with Crippen LogP contribution in [0, 0.1) is 18.8 Å². The summed E-state index contributed by atoms with van der Waals surface area (Å²) in [7, 11) is -2.00. The Balaban J connectivity index is 2.26. The molecule has 6 nitrogen and oxygen atoms in total. The van der Waals surface area contributed by atoms with Crippen LogP contribution in [-0.4, -0.2) is 29.9 Å². The second-order valence-corrected chi connectivity index (χ2v) is 6.13. The van der Waals surface area contributed by atoms with Crippen molar-refractivity contribution >= 4 is 15.7 Å². The number of rotatable bonds is 3. The molecule has 0 unspecified atom stereocenters. The summed E-state index contributed by atoms with van der Waals surface area (Å²) in [5.74, 6) is 5.35. The van der Waals surface area contributed by atoms with Gasteiger partial charge in [0.05, 0.1) is 6.20 Å². The fraction of sp³-hybridized carbons (Fsp3) is 0.214. The molecule has 110 valence electrons. The lowest BCUT2D eigenvalue weighted by Crippen LogP contribution is -2.12. The maximum atomic E-state index is 12.2. The molecule has 0 aliphatic rings. The van der Waals surface area contributed by atoms with Gasteiger partial charge in [0.1, 0.15) is 11.5 Å². The normalized spacial score (nSPS) is 10.8. The Kier molecular flexibility index (Phi) is 4.31. The molecule has 1 heterocycles. The van der Waals surface area contributed by atoms with Crippen molar-refractivity contribution in [2.75, 3.05) is 11.3 Å². The van der Waals surface area contributed by atoms with Crippen LogP contribution in [0.5, 0.6) is 0 Å². The van der Waals surface area contributed by atoms with Crippen LogP contribution in [0.1, 0.15) is 11.1 Å². The van der Waals surface area contributed by atoms with Crippen molar-refractivity contribution in [2.24, 2.45) is 7.05 Å². The van der Waals surface area contributed by atoms with Crippen molar-refractivity contribution < 1.29 is 13.5 Å². The fourth-order valence-corrected chi connectivity index (χ4v) is 2.79. The molecule has 0 bridgehead atoms. The van der Waals surface area contributed by atoms with E-state index in [2.05, 4.69) is 21.7 Å². The third-order valence-corrected chi connectivity index (χ3v) is 4.11. The van der Waals surface area contributed by atoms with E-state index in [9.17, 15) is 8.42 Å². The molecule has 21 heavy (non-hydrogen) atoms. The van der Waals surface area contributed by atoms with Gasteiger partial charge in [0.25, 0.3) is 10.0 Å². The number of aromatic nitrogens is 2. The SMILES string of the molecule is Cc1cc(NS(=O)(=O)c2cnn(C)c2)ccc1C#CCO. The van der Waals surface area contributed by atoms with E-state index < -0.39 is 10.0 Å². The largest absolute Gasteiger partial charge is 0.384 e. The molecule has 0 atom stereocenters. The Labute approximate surface area is 123 Å². The summed E-state index contributed by atoms with van der Waals surface area (Å²) in [5, 5.41) is 12.5. The van der Waals surface area contributed by atoms with Gasteiger partial charge in [-0.15, -0.1) is 0 Å². The quantitative estimate of drug-likeness (QED) is 0.824. The van der Waals surface area contributed by atoms with Crippen molar-refractivity contribution in [3.63, 3.8) is 0 Å². The Morgan fingerprint density at radius 3 is 2.76 bits per heavy atom. The zero-order valence-corrected chi connectivity index (χ0v) is 12.5. The van der Waals surface area contributed by atoms with Gasteiger partial charge in [0.15, 0.2) is 0 Å². The fourth-order valence-electron chi connectivity index (χ4n) is 1.75. The number of aryl methyl sites for hydroxylation is 2. The van der Waals surface area contributed by atoms with Crippen molar-refractivity contribution in [3.05, 3.63) is 41.7 Å². The molecule has 2 N–H and O–H groups in total. The van der Waals surface area contributed by atoms with Crippen LogP contribution in [-0.2, 0) is 17.1 Å². The first-order valence-corrected chi connectivity index (χ1v) is 7.62. The molecule has 2 rings (SSSR count). The number of sulfonamides is 1. The molecule has 0 aliphatic carbocycles. The van der Waals surface area contributed by atoms with Gasteiger partial charge in [-0.3, -0.25) is 9.40 Å². The highest BCUT2D eigenvalue weighted by atomic mass is 32.2. The summed E-state index contributed by atoms with van der Waals surface area (Å²) in [6.45, 7) is 1.61. The van der Waals surface area contributed by atoms with Gasteiger partial charge in [-0.1, -0.05) is 11.8 Å². The summed E-state index contributed by atoms with van der Waals surface area (Å²) >= 11 is 0. The second-order valence-electron chi connectivity index (χ2n) is 4.44. The smallest absolute Gasteiger partial charge is 0.265 e. The molecule has 7 heteroatoms. The molecule has 0 radical (unpaired) electrons. The minimum atomic E-state index is -3.65. The number of aliphatic hydroxyl groups is 1. The predicted octanol–water partition coefficient (Wildman–Crippen LogP) is 0.873. The van der Waals surface area contributed by atoms with Gasteiger partial charge in [-0.25, -0.2) is 8.42 Å². The van der Waals surface area contributed by atoms with Crippen molar-refractivity contribution in [3.8, 4) is 11.8 Å². The lowest BCUT2D eigenvalue weighted by molar-refractivity contribution is 0.350. The van der Waals surface area contributed by atoms with Gasteiger partial charge in [0, 0.05) is 24.5 Å². The van der Waals surface area contributed by atoms with Crippen molar-refractivity contribution in [2.45, 2.75) is 11.8 Å². The predicted molar refractivity (Wildman–Crippen MR) is 79.2 cm³/mol. The van der Waals surface area contributed by atoms with Crippen molar-refractivity contribution in [1.29, 1.82) is 0 Å². The zero-order valence-electron chi connectivity index (χ0n) is 11.7. The molecule has 0 amide bonds. The lowest BCUT2D eigenvalue weighted by Gasteiger charge is -2.08. The molecule has 2 aromatic rings. The van der Waals surface area contributed by atoms with Crippen LogP contribution < -0.4 is 4.72 Å². The maximum Gasteiger partial charge on any atom is 0.265 e. The van der Waals surface area contributed by atoms with Crippen LogP contribution >= 0.6 is 0 Å². The summed E-state index contributed by atoms with van der Waals surface area (Å²) < 4.78 is 28.2. The van der Waals surface area contributed by atoms with Crippen LogP contribution in [0.3, 0.4) is 0 Å². The zero-order chi connectivity index (χ0) is 15.5. The average molecular weight is 305 g/mol. The molecule has 0 spiro atoms. The summed E-state index contributed by atoms with van der Waals surface area (Å²) in [6, 6.07) is 5.02. The van der Waals surface area contributed by atoms with E-state index in [4.69, 9.17) is 5.11 Å². The van der Waals surface area contributed by atoms with Gasteiger partial charge >= 0.3 is 0 Å². The molecule has 0 saturated carbocycles. The first-order chi connectivity index (χ1) is 9.92. The topological polar surface area (TPSA) is 84.2 Å².